The number of fused-ring (bicyclic) bond motifs is 1. The lowest BCUT2D eigenvalue weighted by Crippen LogP contribution is -1.94. The van der Waals surface area contributed by atoms with E-state index in [-0.39, 0.29) is 5.56 Å². The summed E-state index contributed by atoms with van der Waals surface area (Å²) in [4.78, 5) is 19.0. The van der Waals surface area contributed by atoms with Gasteiger partial charge in [0, 0.05) is 28.7 Å². The van der Waals surface area contributed by atoms with Crippen LogP contribution in [0, 0.1) is 0 Å². The van der Waals surface area contributed by atoms with Crippen molar-refractivity contribution in [2.75, 3.05) is 5.32 Å². The summed E-state index contributed by atoms with van der Waals surface area (Å²) in [6.07, 6.45) is 1.65. The molecule has 3 N–H and O–H groups in total. The minimum Gasteiger partial charge on any atom is -0.478 e. The molecule has 0 atom stereocenters. The van der Waals surface area contributed by atoms with Crippen LogP contribution in [0.3, 0.4) is 0 Å². The normalized spacial score (nSPS) is 10.8. The number of benzene rings is 3. The van der Waals surface area contributed by atoms with Crippen molar-refractivity contribution < 1.29 is 9.90 Å². The highest BCUT2D eigenvalue weighted by atomic mass is 16.4. The number of hydrogen-bond donors (Lipinski definition) is 3. The Morgan fingerprint density at radius 2 is 1.74 bits per heavy atom. The second-order valence-corrected chi connectivity index (χ2v) is 7.01. The maximum atomic E-state index is 11.2. The molecular weight excluding hydrogens is 390 g/mol. The summed E-state index contributed by atoms with van der Waals surface area (Å²) in [5.74, 6) is -0.284. The van der Waals surface area contributed by atoms with Gasteiger partial charge in [0.1, 0.15) is 5.82 Å². The van der Waals surface area contributed by atoms with Gasteiger partial charge in [0.05, 0.1) is 22.3 Å². The lowest BCUT2D eigenvalue weighted by atomic mass is 10.1. The number of aromatic nitrogens is 4. The molecule has 0 aliphatic heterocycles. The zero-order valence-corrected chi connectivity index (χ0v) is 16.3. The Labute approximate surface area is 177 Å². The molecular formula is C24H17N5O2. The van der Waals surface area contributed by atoms with E-state index in [1.165, 1.54) is 0 Å². The van der Waals surface area contributed by atoms with Crippen molar-refractivity contribution in [3.8, 4) is 22.6 Å². The van der Waals surface area contributed by atoms with Gasteiger partial charge in [0.25, 0.3) is 0 Å². The van der Waals surface area contributed by atoms with Crippen LogP contribution >= 0.6 is 0 Å². The number of nitrogens with one attached hydrogen (secondary N) is 2. The van der Waals surface area contributed by atoms with Gasteiger partial charge in [0.2, 0.25) is 0 Å². The average Bonchev–Trinajstić information content (AvgIpc) is 3.24. The summed E-state index contributed by atoms with van der Waals surface area (Å²) in [7, 11) is 0. The summed E-state index contributed by atoms with van der Waals surface area (Å²) in [6.45, 7) is 0. The maximum absolute atomic E-state index is 11.2. The molecule has 0 radical (unpaired) electrons. The third kappa shape index (κ3) is 3.84. The fraction of sp³-hybridized carbons (Fsp3) is 0. The standard InChI is InChI=1S/C24H17N5O2/c30-24(31)17-8-11-21-22(14-17)28-23(27-21)16-3-1-4-19(13-16)26-18-9-6-15(7-10-18)20-5-2-12-25-29-20/h1-14,26H,(H,27,28)(H,30,31). The number of carboxylic acids is 1. The molecule has 0 saturated heterocycles. The number of aromatic amines is 1. The van der Waals surface area contributed by atoms with E-state index in [1.807, 2.05) is 60.7 Å². The molecule has 0 bridgehead atoms. The van der Waals surface area contributed by atoms with Crippen molar-refractivity contribution in [1.29, 1.82) is 0 Å². The van der Waals surface area contributed by atoms with Crippen molar-refractivity contribution in [3.05, 3.63) is 90.6 Å². The predicted molar refractivity (Wildman–Crippen MR) is 119 cm³/mol. The number of hydrogen-bond acceptors (Lipinski definition) is 5. The molecule has 0 unspecified atom stereocenters. The van der Waals surface area contributed by atoms with Gasteiger partial charge in [0.15, 0.2) is 0 Å². The number of H-pyrrole nitrogens is 1. The molecule has 5 rings (SSSR count). The van der Waals surface area contributed by atoms with Gasteiger partial charge in [-0.25, -0.2) is 9.78 Å². The van der Waals surface area contributed by atoms with E-state index in [4.69, 9.17) is 0 Å². The minimum atomic E-state index is -0.963. The summed E-state index contributed by atoms with van der Waals surface area (Å²) < 4.78 is 0. The first-order valence-corrected chi connectivity index (χ1v) is 9.64. The Bertz CT molecular complexity index is 1380. The third-order valence-corrected chi connectivity index (χ3v) is 4.91. The molecule has 5 aromatic rings. The average molecular weight is 407 g/mol. The van der Waals surface area contributed by atoms with Gasteiger partial charge in [-0.2, -0.15) is 10.2 Å². The second-order valence-electron chi connectivity index (χ2n) is 7.01. The molecule has 0 amide bonds. The Morgan fingerprint density at radius 1 is 0.871 bits per heavy atom. The van der Waals surface area contributed by atoms with Crippen molar-refractivity contribution in [2.45, 2.75) is 0 Å². The van der Waals surface area contributed by atoms with Gasteiger partial charge in [-0.05, 0) is 54.6 Å². The van der Waals surface area contributed by atoms with Crippen molar-refractivity contribution in [3.63, 3.8) is 0 Å². The summed E-state index contributed by atoms with van der Waals surface area (Å²) >= 11 is 0. The van der Waals surface area contributed by atoms with Crippen LogP contribution in [0.5, 0.6) is 0 Å². The molecule has 0 aliphatic rings. The molecule has 2 heterocycles. The number of nitrogens with zero attached hydrogens (tertiary/aromatic N) is 3. The van der Waals surface area contributed by atoms with Crippen LogP contribution in [0.4, 0.5) is 11.4 Å². The van der Waals surface area contributed by atoms with E-state index >= 15 is 0 Å². The van der Waals surface area contributed by atoms with Crippen molar-refractivity contribution >= 4 is 28.4 Å². The van der Waals surface area contributed by atoms with Gasteiger partial charge >= 0.3 is 5.97 Å². The third-order valence-electron chi connectivity index (χ3n) is 4.91. The Morgan fingerprint density at radius 3 is 2.52 bits per heavy atom. The molecule has 31 heavy (non-hydrogen) atoms. The van der Waals surface area contributed by atoms with Crippen LogP contribution in [-0.4, -0.2) is 31.2 Å². The number of imidazole rings is 1. The van der Waals surface area contributed by atoms with E-state index in [0.29, 0.717) is 11.3 Å². The smallest absolute Gasteiger partial charge is 0.335 e. The lowest BCUT2D eigenvalue weighted by Gasteiger charge is -2.08. The first kappa shape index (κ1) is 18.5. The largest absolute Gasteiger partial charge is 0.478 e. The van der Waals surface area contributed by atoms with Gasteiger partial charge in [-0.1, -0.05) is 24.3 Å². The minimum absolute atomic E-state index is 0.225. The zero-order chi connectivity index (χ0) is 21.2. The fourth-order valence-corrected chi connectivity index (χ4v) is 3.37. The van der Waals surface area contributed by atoms with E-state index in [9.17, 15) is 9.90 Å². The summed E-state index contributed by atoms with van der Waals surface area (Å²) in [5.41, 5.74) is 6.21. The molecule has 0 fully saturated rings. The number of aromatic carboxylic acids is 1. The Balaban J connectivity index is 1.39. The van der Waals surface area contributed by atoms with Crippen molar-refractivity contribution in [1.82, 2.24) is 20.2 Å². The lowest BCUT2D eigenvalue weighted by molar-refractivity contribution is 0.0697. The van der Waals surface area contributed by atoms with E-state index in [1.54, 1.807) is 24.4 Å². The van der Waals surface area contributed by atoms with Crippen molar-refractivity contribution in [2.24, 2.45) is 0 Å². The predicted octanol–water partition coefficient (Wildman–Crippen LogP) is 5.13. The molecule has 3 aromatic carbocycles. The van der Waals surface area contributed by atoms with Crippen LogP contribution in [0.2, 0.25) is 0 Å². The molecule has 150 valence electrons. The number of carboxylic acid groups (broad SMARTS) is 1. The number of rotatable bonds is 5. The molecule has 7 heteroatoms. The topological polar surface area (TPSA) is 104 Å². The van der Waals surface area contributed by atoms with Crippen LogP contribution in [-0.2, 0) is 0 Å². The van der Waals surface area contributed by atoms with Crippen LogP contribution < -0.4 is 5.32 Å². The summed E-state index contributed by atoms with van der Waals surface area (Å²) in [5, 5.41) is 20.6. The van der Waals surface area contributed by atoms with Crippen LogP contribution in [0.15, 0.2) is 85.1 Å². The molecule has 2 aromatic heterocycles. The monoisotopic (exact) mass is 407 g/mol. The highest BCUT2D eigenvalue weighted by molar-refractivity contribution is 5.93. The Kier molecular flexibility index (Phi) is 4.61. The van der Waals surface area contributed by atoms with E-state index in [0.717, 1.165) is 33.7 Å². The quantitative estimate of drug-likeness (QED) is 0.373. The molecule has 0 aliphatic carbocycles. The van der Waals surface area contributed by atoms with Crippen LogP contribution in [0.25, 0.3) is 33.7 Å². The SMILES string of the molecule is O=C(O)c1ccc2nc(-c3cccc(Nc4ccc(-c5cccnn5)cc4)c3)[nH]c2c1. The second kappa shape index (κ2) is 7.72. The van der Waals surface area contributed by atoms with Crippen LogP contribution in [0.1, 0.15) is 10.4 Å². The Hall–Kier alpha value is -4.52. The fourth-order valence-electron chi connectivity index (χ4n) is 3.37. The summed E-state index contributed by atoms with van der Waals surface area (Å²) in [6, 6.07) is 24.5. The molecule has 0 spiro atoms. The highest BCUT2D eigenvalue weighted by Crippen LogP contribution is 2.26. The molecule has 7 nitrogen and oxygen atoms in total. The van der Waals surface area contributed by atoms with E-state index in [2.05, 4.69) is 25.5 Å². The number of anilines is 2. The van der Waals surface area contributed by atoms with Gasteiger partial charge < -0.3 is 15.4 Å². The maximum Gasteiger partial charge on any atom is 0.335 e. The van der Waals surface area contributed by atoms with Gasteiger partial charge in [-0.15, -0.1) is 0 Å². The highest BCUT2D eigenvalue weighted by Gasteiger charge is 2.09. The van der Waals surface area contributed by atoms with Gasteiger partial charge in [-0.3, -0.25) is 0 Å². The molecule has 0 saturated carbocycles. The first-order chi connectivity index (χ1) is 15.2. The van der Waals surface area contributed by atoms with E-state index < -0.39 is 5.97 Å². The number of carbonyl (C=O) groups is 1. The first-order valence-electron chi connectivity index (χ1n) is 9.64. The zero-order valence-electron chi connectivity index (χ0n) is 16.3.